The minimum Gasteiger partial charge on any atom is -0.497 e. The number of anilines is 1. The molecule has 1 N–H and O–H groups in total. The zero-order valence-electron chi connectivity index (χ0n) is 17.4. The number of hydrogen-bond donors (Lipinski definition) is 1. The summed E-state index contributed by atoms with van der Waals surface area (Å²) >= 11 is 1.58. The van der Waals surface area contributed by atoms with Crippen molar-refractivity contribution in [2.45, 2.75) is 11.4 Å². The number of methoxy groups -OCH3 is 1. The third kappa shape index (κ3) is 4.89. The molecule has 32 heavy (non-hydrogen) atoms. The number of thioether (sulfide) groups is 1. The maximum Gasteiger partial charge on any atom is 0.259 e. The number of amides is 1. The Kier molecular flexibility index (Phi) is 6.37. The summed E-state index contributed by atoms with van der Waals surface area (Å²) in [5, 5.41) is 6.82. The fourth-order valence-corrected chi connectivity index (χ4v) is 3.50. The molecular weight excluding hydrogens is 428 g/mol. The monoisotopic (exact) mass is 448 g/mol. The Morgan fingerprint density at radius 3 is 2.66 bits per heavy atom. The number of nitrogens with zero attached hydrogens (tertiary/aromatic N) is 3. The van der Waals surface area contributed by atoms with Crippen LogP contribution in [0.4, 0.5) is 5.69 Å². The average Bonchev–Trinajstić information content (AvgIpc) is 3.31. The normalized spacial score (nSPS) is 10.7. The molecule has 0 aliphatic carbocycles. The Balaban J connectivity index is 1.51. The van der Waals surface area contributed by atoms with Crippen molar-refractivity contribution < 1.29 is 14.1 Å². The minimum atomic E-state index is -0.313. The number of ether oxygens (including phenoxy) is 1. The lowest BCUT2D eigenvalue weighted by molar-refractivity contribution is -0.116. The van der Waals surface area contributed by atoms with E-state index in [1.165, 1.54) is 16.8 Å². The van der Waals surface area contributed by atoms with Gasteiger partial charge >= 0.3 is 0 Å². The van der Waals surface area contributed by atoms with Gasteiger partial charge in [0.05, 0.1) is 12.7 Å². The van der Waals surface area contributed by atoms with Crippen molar-refractivity contribution in [3.8, 4) is 28.6 Å². The van der Waals surface area contributed by atoms with Gasteiger partial charge in [-0.25, -0.2) is 0 Å². The summed E-state index contributed by atoms with van der Waals surface area (Å²) in [5.74, 6) is 1.07. The van der Waals surface area contributed by atoms with Crippen LogP contribution in [0, 0.1) is 0 Å². The van der Waals surface area contributed by atoms with Crippen LogP contribution in [0.1, 0.15) is 0 Å². The molecule has 9 heteroatoms. The first-order valence-corrected chi connectivity index (χ1v) is 10.9. The number of carbonyl (C=O) groups is 1. The van der Waals surface area contributed by atoms with Crippen molar-refractivity contribution in [1.82, 2.24) is 14.7 Å². The molecule has 4 rings (SSSR count). The van der Waals surface area contributed by atoms with E-state index in [9.17, 15) is 9.59 Å². The first kappa shape index (κ1) is 21.4. The summed E-state index contributed by atoms with van der Waals surface area (Å²) in [6.45, 7) is -0.143. The molecular formula is C23H20N4O4S. The summed E-state index contributed by atoms with van der Waals surface area (Å²) in [7, 11) is 1.60. The molecule has 2 aromatic carbocycles. The predicted molar refractivity (Wildman–Crippen MR) is 123 cm³/mol. The molecule has 0 unspecified atom stereocenters. The second-order valence-electron chi connectivity index (χ2n) is 6.82. The van der Waals surface area contributed by atoms with Gasteiger partial charge in [-0.05, 0) is 54.8 Å². The molecule has 2 heterocycles. The zero-order chi connectivity index (χ0) is 22.5. The number of nitrogens with one attached hydrogen (secondary N) is 1. The van der Waals surface area contributed by atoms with Crippen LogP contribution in [0.3, 0.4) is 0 Å². The van der Waals surface area contributed by atoms with E-state index < -0.39 is 0 Å². The maximum atomic E-state index is 12.5. The van der Waals surface area contributed by atoms with Gasteiger partial charge in [-0.15, -0.1) is 11.8 Å². The smallest absolute Gasteiger partial charge is 0.259 e. The summed E-state index contributed by atoms with van der Waals surface area (Å²) in [5.41, 5.74) is 1.67. The molecule has 2 aromatic heterocycles. The summed E-state index contributed by atoms with van der Waals surface area (Å²) in [6, 6.07) is 17.7. The molecule has 0 saturated carbocycles. The van der Waals surface area contributed by atoms with E-state index >= 15 is 0 Å². The van der Waals surface area contributed by atoms with Crippen molar-refractivity contribution in [1.29, 1.82) is 0 Å². The summed E-state index contributed by atoms with van der Waals surface area (Å²) < 4.78 is 11.8. The fourth-order valence-electron chi connectivity index (χ4n) is 3.04. The lowest BCUT2D eigenvalue weighted by Gasteiger charge is -2.09. The van der Waals surface area contributed by atoms with Gasteiger partial charge in [-0.1, -0.05) is 11.2 Å². The van der Waals surface area contributed by atoms with E-state index in [1.807, 2.05) is 36.6 Å². The van der Waals surface area contributed by atoms with Crippen LogP contribution in [0.2, 0.25) is 0 Å². The Hall–Kier alpha value is -3.85. The van der Waals surface area contributed by atoms with Gasteiger partial charge in [-0.3, -0.25) is 9.59 Å². The zero-order valence-corrected chi connectivity index (χ0v) is 18.3. The van der Waals surface area contributed by atoms with Gasteiger partial charge in [0.25, 0.3) is 11.4 Å². The van der Waals surface area contributed by atoms with Crippen LogP contribution in [0.15, 0.2) is 81.1 Å². The molecule has 0 fully saturated rings. The number of hydrogen-bond acceptors (Lipinski definition) is 7. The van der Waals surface area contributed by atoms with Crippen LogP contribution in [-0.4, -0.2) is 34.0 Å². The molecule has 0 spiro atoms. The lowest BCUT2D eigenvalue weighted by atomic mass is 10.2. The minimum absolute atomic E-state index is 0.143. The van der Waals surface area contributed by atoms with Crippen LogP contribution in [0.5, 0.6) is 5.75 Å². The third-order valence-electron chi connectivity index (χ3n) is 4.67. The van der Waals surface area contributed by atoms with Gasteiger partial charge in [0.2, 0.25) is 11.7 Å². The number of rotatable bonds is 7. The molecule has 4 aromatic rings. The molecule has 0 aliphatic heterocycles. The van der Waals surface area contributed by atoms with Crippen molar-refractivity contribution in [3.63, 3.8) is 0 Å². The van der Waals surface area contributed by atoms with Crippen LogP contribution < -0.4 is 15.6 Å². The molecule has 162 valence electrons. The molecule has 0 bridgehead atoms. The van der Waals surface area contributed by atoms with Gasteiger partial charge < -0.3 is 19.1 Å². The highest BCUT2D eigenvalue weighted by atomic mass is 32.2. The maximum absolute atomic E-state index is 12.5. The SMILES string of the molecule is COc1ccc(-c2noc(-c3ccc(=O)n(CC(=O)Nc4cccc(SC)c4)c3)n2)cc1. The Labute approximate surface area is 188 Å². The predicted octanol–water partition coefficient (Wildman–Crippen LogP) is 3.93. The van der Waals surface area contributed by atoms with Crippen LogP contribution in [-0.2, 0) is 11.3 Å². The highest BCUT2D eigenvalue weighted by Gasteiger charge is 2.13. The quantitative estimate of drug-likeness (QED) is 0.428. The molecule has 0 radical (unpaired) electrons. The van der Waals surface area contributed by atoms with E-state index in [0.29, 0.717) is 17.1 Å². The van der Waals surface area contributed by atoms with Crippen LogP contribution in [0.25, 0.3) is 22.8 Å². The Morgan fingerprint density at radius 2 is 1.91 bits per heavy atom. The van der Waals surface area contributed by atoms with E-state index in [-0.39, 0.29) is 23.9 Å². The molecule has 8 nitrogen and oxygen atoms in total. The third-order valence-corrected chi connectivity index (χ3v) is 5.40. The van der Waals surface area contributed by atoms with Gasteiger partial charge in [0, 0.05) is 28.4 Å². The van der Waals surface area contributed by atoms with E-state index in [4.69, 9.17) is 9.26 Å². The Morgan fingerprint density at radius 1 is 1.12 bits per heavy atom. The van der Waals surface area contributed by atoms with E-state index in [0.717, 1.165) is 16.2 Å². The van der Waals surface area contributed by atoms with Crippen LogP contribution >= 0.6 is 11.8 Å². The molecule has 0 atom stereocenters. The first-order valence-electron chi connectivity index (χ1n) is 9.68. The first-order chi connectivity index (χ1) is 15.6. The van der Waals surface area contributed by atoms with Crippen molar-refractivity contribution in [3.05, 3.63) is 77.2 Å². The van der Waals surface area contributed by atoms with Crippen molar-refractivity contribution in [2.24, 2.45) is 0 Å². The van der Waals surface area contributed by atoms with Crippen molar-refractivity contribution in [2.75, 3.05) is 18.7 Å². The highest BCUT2D eigenvalue weighted by Crippen LogP contribution is 2.23. The number of aromatic nitrogens is 3. The standard InChI is InChI=1S/C23H20N4O4S/c1-30-18-9-6-15(7-10-18)22-25-23(31-26-22)16-8-11-21(29)27(13-16)14-20(28)24-17-4-3-5-19(12-17)32-2/h3-13H,14H2,1-2H3,(H,24,28). The second-order valence-corrected chi connectivity index (χ2v) is 7.70. The van der Waals surface area contributed by atoms with E-state index in [1.54, 1.807) is 43.1 Å². The van der Waals surface area contributed by atoms with Crippen molar-refractivity contribution >= 4 is 23.4 Å². The summed E-state index contributed by atoms with van der Waals surface area (Å²) in [4.78, 5) is 30.2. The molecule has 1 amide bonds. The molecule has 0 saturated heterocycles. The van der Waals surface area contributed by atoms with Gasteiger partial charge in [-0.2, -0.15) is 4.98 Å². The van der Waals surface area contributed by atoms with Gasteiger partial charge in [0.1, 0.15) is 12.3 Å². The number of pyridine rings is 1. The lowest BCUT2D eigenvalue weighted by Crippen LogP contribution is -2.26. The fraction of sp³-hybridized carbons (Fsp3) is 0.130. The number of carbonyl (C=O) groups excluding carboxylic acids is 1. The largest absolute Gasteiger partial charge is 0.497 e. The van der Waals surface area contributed by atoms with Gasteiger partial charge in [0.15, 0.2) is 0 Å². The highest BCUT2D eigenvalue weighted by molar-refractivity contribution is 7.98. The summed E-state index contributed by atoms with van der Waals surface area (Å²) in [6.07, 6.45) is 3.50. The number of benzene rings is 2. The van der Waals surface area contributed by atoms with E-state index in [2.05, 4.69) is 15.5 Å². The topological polar surface area (TPSA) is 99.3 Å². The molecule has 0 aliphatic rings. The Bertz CT molecular complexity index is 1300. The average molecular weight is 449 g/mol. The second kappa shape index (κ2) is 9.52.